The van der Waals surface area contributed by atoms with Gasteiger partial charge in [-0.1, -0.05) is 53.9 Å². The van der Waals surface area contributed by atoms with Crippen LogP contribution >= 0.6 is 34.9 Å². The lowest BCUT2D eigenvalue weighted by molar-refractivity contribution is -0.116. The number of hydrogen-bond acceptors (Lipinski definition) is 7. The summed E-state index contributed by atoms with van der Waals surface area (Å²) < 4.78 is 4.30. The second-order valence-corrected chi connectivity index (χ2v) is 10.6. The Hall–Kier alpha value is -2.36. The highest BCUT2D eigenvalue weighted by atomic mass is 32.2. The smallest absolute Gasteiger partial charge is 0.237 e. The van der Waals surface area contributed by atoms with Gasteiger partial charge in [0, 0.05) is 18.3 Å². The van der Waals surface area contributed by atoms with Crippen molar-refractivity contribution in [2.45, 2.75) is 48.6 Å². The molecule has 0 fully saturated rings. The quantitative estimate of drug-likeness (QED) is 0.283. The maximum absolute atomic E-state index is 13.0. The van der Waals surface area contributed by atoms with E-state index in [1.54, 1.807) is 23.1 Å². The molecule has 0 N–H and O–H groups in total. The number of aromatic nitrogens is 4. The maximum atomic E-state index is 13.0. The zero-order valence-corrected chi connectivity index (χ0v) is 20.7. The fraction of sp³-hybridized carbons (Fsp3) is 0.304. The fourth-order valence-corrected chi connectivity index (χ4v) is 6.29. The monoisotopic (exact) mass is 483 g/mol. The summed E-state index contributed by atoms with van der Waals surface area (Å²) in [4.78, 5) is 19.5. The van der Waals surface area contributed by atoms with Crippen LogP contribution in [0.1, 0.15) is 26.6 Å². The van der Waals surface area contributed by atoms with Gasteiger partial charge in [0.1, 0.15) is 5.82 Å². The minimum atomic E-state index is 0.0623. The van der Waals surface area contributed by atoms with E-state index in [9.17, 15) is 4.79 Å². The number of rotatable bonds is 9. The van der Waals surface area contributed by atoms with Gasteiger partial charge in [-0.25, -0.2) is 4.98 Å². The molecule has 0 saturated heterocycles. The van der Waals surface area contributed by atoms with Gasteiger partial charge in [-0.15, -0.1) is 21.5 Å². The Bertz CT molecular complexity index is 1160. The van der Waals surface area contributed by atoms with Crippen molar-refractivity contribution >= 4 is 56.7 Å². The van der Waals surface area contributed by atoms with Crippen molar-refractivity contribution in [3.8, 4) is 0 Å². The van der Waals surface area contributed by atoms with Crippen LogP contribution < -0.4 is 4.90 Å². The molecule has 4 rings (SSSR count). The SMILES string of the molecule is CCn1c(CSc2nc3ccccc3s2)nnc1SCC(=O)N(c1ccccc1)C(C)C. The zero-order valence-electron chi connectivity index (χ0n) is 18.3. The van der Waals surface area contributed by atoms with Crippen molar-refractivity contribution in [1.29, 1.82) is 0 Å². The largest absolute Gasteiger partial charge is 0.309 e. The number of carbonyl (C=O) groups is 1. The van der Waals surface area contributed by atoms with Crippen LogP contribution in [-0.2, 0) is 17.1 Å². The van der Waals surface area contributed by atoms with Crippen LogP contribution in [0.4, 0.5) is 5.69 Å². The van der Waals surface area contributed by atoms with Gasteiger partial charge < -0.3 is 9.47 Å². The minimum absolute atomic E-state index is 0.0623. The van der Waals surface area contributed by atoms with Gasteiger partial charge >= 0.3 is 0 Å². The lowest BCUT2D eigenvalue weighted by atomic mass is 10.2. The number of amides is 1. The van der Waals surface area contributed by atoms with E-state index < -0.39 is 0 Å². The number of benzene rings is 2. The maximum Gasteiger partial charge on any atom is 0.237 e. The second kappa shape index (κ2) is 10.5. The van der Waals surface area contributed by atoms with Gasteiger partial charge in [-0.05, 0) is 45.0 Å². The second-order valence-electron chi connectivity index (χ2n) is 7.36. The first-order valence-corrected chi connectivity index (χ1v) is 13.3. The van der Waals surface area contributed by atoms with Crippen molar-refractivity contribution < 1.29 is 4.79 Å². The average Bonchev–Trinajstić information content (AvgIpc) is 3.39. The predicted molar refractivity (Wildman–Crippen MR) is 135 cm³/mol. The topological polar surface area (TPSA) is 63.9 Å². The molecule has 4 aromatic rings. The molecule has 0 aliphatic carbocycles. The average molecular weight is 484 g/mol. The molecule has 0 unspecified atom stereocenters. The van der Waals surface area contributed by atoms with Crippen LogP contribution in [-0.4, -0.2) is 37.5 Å². The first-order chi connectivity index (χ1) is 15.6. The zero-order chi connectivity index (χ0) is 22.5. The third-order valence-electron chi connectivity index (χ3n) is 4.85. The van der Waals surface area contributed by atoms with Crippen molar-refractivity contribution in [2.75, 3.05) is 10.7 Å². The van der Waals surface area contributed by atoms with E-state index in [0.717, 1.165) is 33.1 Å². The van der Waals surface area contributed by atoms with E-state index in [0.29, 0.717) is 11.5 Å². The van der Waals surface area contributed by atoms with Crippen molar-refractivity contribution in [2.24, 2.45) is 0 Å². The molecule has 6 nitrogen and oxygen atoms in total. The van der Waals surface area contributed by atoms with Gasteiger partial charge in [0.2, 0.25) is 5.91 Å². The van der Waals surface area contributed by atoms with Crippen molar-refractivity contribution in [3.63, 3.8) is 0 Å². The van der Waals surface area contributed by atoms with Crippen LogP contribution in [0.15, 0.2) is 64.1 Å². The lowest BCUT2D eigenvalue weighted by Gasteiger charge is -2.26. The summed E-state index contributed by atoms with van der Waals surface area (Å²) in [5.41, 5.74) is 1.94. The molecule has 0 atom stereocenters. The summed E-state index contributed by atoms with van der Waals surface area (Å²) in [5, 5.41) is 9.54. The van der Waals surface area contributed by atoms with Gasteiger partial charge in [0.15, 0.2) is 9.50 Å². The summed E-state index contributed by atoms with van der Waals surface area (Å²) in [5.74, 6) is 1.97. The standard InChI is InChI=1S/C23H25N5OS3/c1-4-27-20(14-31-23-24-18-12-8-9-13-19(18)32-23)25-26-22(27)30-15-21(29)28(16(2)3)17-10-6-5-7-11-17/h5-13,16H,4,14-15H2,1-3H3. The molecule has 1 amide bonds. The van der Waals surface area contributed by atoms with E-state index >= 15 is 0 Å². The van der Waals surface area contributed by atoms with E-state index in [1.165, 1.54) is 16.5 Å². The molecule has 0 aliphatic rings. The van der Waals surface area contributed by atoms with Crippen LogP contribution in [0.2, 0.25) is 0 Å². The molecule has 0 aliphatic heterocycles. The van der Waals surface area contributed by atoms with Gasteiger partial charge in [-0.3, -0.25) is 4.79 Å². The Morgan fingerprint density at radius 3 is 2.53 bits per heavy atom. The summed E-state index contributed by atoms with van der Waals surface area (Å²) in [6.07, 6.45) is 0. The molecule has 0 bridgehead atoms. The number of anilines is 1. The van der Waals surface area contributed by atoms with Crippen molar-refractivity contribution in [1.82, 2.24) is 19.7 Å². The Balaban J connectivity index is 1.41. The van der Waals surface area contributed by atoms with Gasteiger partial charge in [0.05, 0.1) is 21.7 Å². The summed E-state index contributed by atoms with van der Waals surface area (Å²) >= 11 is 4.81. The molecule has 0 radical (unpaired) electrons. The molecular weight excluding hydrogens is 458 g/mol. The summed E-state index contributed by atoms with van der Waals surface area (Å²) in [6.45, 7) is 6.89. The molecule has 2 heterocycles. The molecular formula is C23H25N5OS3. The molecule has 2 aromatic heterocycles. The Kier molecular flexibility index (Phi) is 7.49. The Labute approximate surface area is 200 Å². The molecule has 2 aromatic carbocycles. The molecule has 32 heavy (non-hydrogen) atoms. The fourth-order valence-electron chi connectivity index (χ4n) is 3.40. The number of nitrogens with zero attached hydrogens (tertiary/aromatic N) is 5. The van der Waals surface area contributed by atoms with Crippen LogP contribution in [0.25, 0.3) is 10.2 Å². The molecule has 0 spiro atoms. The Morgan fingerprint density at radius 2 is 1.81 bits per heavy atom. The first-order valence-electron chi connectivity index (χ1n) is 10.5. The lowest BCUT2D eigenvalue weighted by Crippen LogP contribution is -2.38. The Morgan fingerprint density at radius 1 is 1.06 bits per heavy atom. The number of thioether (sulfide) groups is 2. The highest BCUT2D eigenvalue weighted by Crippen LogP contribution is 2.31. The number of para-hydroxylation sites is 2. The predicted octanol–water partition coefficient (Wildman–Crippen LogP) is 5.73. The van der Waals surface area contributed by atoms with Gasteiger partial charge in [0.25, 0.3) is 0 Å². The normalized spacial score (nSPS) is 11.4. The molecule has 9 heteroatoms. The summed E-state index contributed by atoms with van der Waals surface area (Å²) in [7, 11) is 0. The number of thiazole rings is 1. The van der Waals surface area contributed by atoms with Crippen molar-refractivity contribution in [3.05, 3.63) is 60.4 Å². The highest BCUT2D eigenvalue weighted by Gasteiger charge is 2.21. The van der Waals surface area contributed by atoms with Crippen LogP contribution in [0.5, 0.6) is 0 Å². The first kappa shape index (κ1) is 22.8. The minimum Gasteiger partial charge on any atom is -0.309 e. The van der Waals surface area contributed by atoms with Crippen LogP contribution in [0.3, 0.4) is 0 Å². The number of fused-ring (bicyclic) bond motifs is 1. The number of hydrogen-bond donors (Lipinski definition) is 0. The molecule has 0 saturated carbocycles. The van der Waals surface area contributed by atoms with Crippen LogP contribution in [0, 0.1) is 0 Å². The van der Waals surface area contributed by atoms with E-state index in [-0.39, 0.29) is 11.9 Å². The third-order valence-corrected chi connectivity index (χ3v) is 7.98. The van der Waals surface area contributed by atoms with E-state index in [1.807, 2.05) is 67.3 Å². The van der Waals surface area contributed by atoms with E-state index in [2.05, 4.69) is 32.7 Å². The van der Waals surface area contributed by atoms with Gasteiger partial charge in [-0.2, -0.15) is 0 Å². The number of carbonyl (C=O) groups excluding carboxylic acids is 1. The molecule has 166 valence electrons. The summed E-state index contributed by atoms with van der Waals surface area (Å²) in [6, 6.07) is 18.0. The van der Waals surface area contributed by atoms with E-state index in [4.69, 9.17) is 0 Å². The third kappa shape index (κ3) is 5.16. The highest BCUT2D eigenvalue weighted by molar-refractivity contribution is 8.00.